The molecule has 0 N–H and O–H groups in total. The molecule has 0 radical (unpaired) electrons. The van der Waals surface area contributed by atoms with Crippen molar-refractivity contribution in [1.29, 1.82) is 0 Å². The first-order valence-corrected chi connectivity index (χ1v) is 12.4. The van der Waals surface area contributed by atoms with E-state index in [1.807, 2.05) is 25.1 Å². The number of rotatable bonds is 6. The van der Waals surface area contributed by atoms with Crippen molar-refractivity contribution in [2.75, 3.05) is 26.8 Å². The van der Waals surface area contributed by atoms with Crippen molar-refractivity contribution >= 4 is 23.2 Å². The Morgan fingerprint density at radius 3 is 2.06 bits per heavy atom. The highest BCUT2D eigenvalue weighted by Gasteiger charge is 2.34. The second kappa shape index (κ2) is 11.6. The molecule has 1 atom stereocenters. The molecule has 2 fully saturated rings. The van der Waals surface area contributed by atoms with E-state index >= 15 is 0 Å². The first-order chi connectivity index (χ1) is 16.8. The van der Waals surface area contributed by atoms with Crippen molar-refractivity contribution in [2.24, 2.45) is 0 Å². The highest BCUT2D eigenvalue weighted by Crippen LogP contribution is 2.40. The van der Waals surface area contributed by atoms with E-state index in [0.29, 0.717) is 6.61 Å². The molecule has 6 rings (SSSR count). The van der Waals surface area contributed by atoms with Gasteiger partial charge in [-0.25, -0.2) is 0 Å². The Kier molecular flexibility index (Phi) is 8.33. The fourth-order valence-electron chi connectivity index (χ4n) is 5.08. The average molecular weight is 488 g/mol. The maximum atomic E-state index is 5.99. The standard InChI is InChI=1S/C26H24O2.C5H9N.ClH/c1-3-28-25-14-7-6-12-24(25)26(20-15-17-21(27-2)18-16-20)23-13-8-10-19-9-4-5-11-22(19)23;1-3-6-4-2-5(1)6;/h4-18,26H,3H2,1-2H3;5H,1-4H2;1H. The van der Waals surface area contributed by atoms with Gasteiger partial charge in [0.25, 0.3) is 0 Å². The minimum Gasteiger partial charge on any atom is -0.497 e. The van der Waals surface area contributed by atoms with Gasteiger partial charge in [0, 0.05) is 17.5 Å². The molecule has 0 spiro atoms. The number of ether oxygens (including phenoxy) is 2. The molecule has 3 nitrogen and oxygen atoms in total. The van der Waals surface area contributed by atoms with Gasteiger partial charge in [-0.15, -0.1) is 12.4 Å². The highest BCUT2D eigenvalue weighted by atomic mass is 35.5. The van der Waals surface area contributed by atoms with Gasteiger partial charge in [0.2, 0.25) is 0 Å². The van der Waals surface area contributed by atoms with Gasteiger partial charge in [-0.05, 0) is 73.0 Å². The number of para-hydroxylation sites is 1. The van der Waals surface area contributed by atoms with Crippen LogP contribution in [0.1, 0.15) is 42.4 Å². The third kappa shape index (κ3) is 5.32. The summed E-state index contributed by atoms with van der Waals surface area (Å²) in [6.07, 6.45) is 2.97. The van der Waals surface area contributed by atoms with E-state index in [9.17, 15) is 0 Å². The van der Waals surface area contributed by atoms with Gasteiger partial charge in [0.05, 0.1) is 13.7 Å². The van der Waals surface area contributed by atoms with E-state index in [2.05, 4.69) is 77.7 Å². The number of halogens is 1. The summed E-state index contributed by atoms with van der Waals surface area (Å²) in [7, 11) is 1.70. The van der Waals surface area contributed by atoms with Crippen LogP contribution in [0.3, 0.4) is 0 Å². The lowest BCUT2D eigenvalue weighted by Gasteiger charge is -2.50. The van der Waals surface area contributed by atoms with Gasteiger partial charge >= 0.3 is 0 Å². The molecule has 2 aliphatic rings. The number of piperidine rings is 1. The lowest BCUT2D eigenvalue weighted by Crippen LogP contribution is -2.57. The van der Waals surface area contributed by atoms with E-state index in [1.165, 1.54) is 53.4 Å². The number of methoxy groups -OCH3 is 1. The van der Waals surface area contributed by atoms with Gasteiger partial charge in [-0.1, -0.05) is 72.8 Å². The molecule has 0 saturated carbocycles. The van der Waals surface area contributed by atoms with Crippen LogP contribution in [0.5, 0.6) is 11.5 Å². The zero-order valence-electron chi connectivity index (χ0n) is 20.5. The SMILES string of the molecule is C1CN2CCC12.CCOc1ccccc1C(c1ccc(OC)cc1)c1cccc2ccccc12.Cl. The van der Waals surface area contributed by atoms with Crippen molar-refractivity contribution in [3.05, 3.63) is 108 Å². The fourth-order valence-corrected chi connectivity index (χ4v) is 5.08. The summed E-state index contributed by atoms with van der Waals surface area (Å²) in [6, 6.07) is 32.8. The average Bonchev–Trinajstić information content (AvgIpc) is 2.88. The first-order valence-electron chi connectivity index (χ1n) is 12.4. The van der Waals surface area contributed by atoms with Crippen LogP contribution < -0.4 is 9.47 Å². The molecule has 0 bridgehead atoms. The molecule has 4 aromatic carbocycles. The van der Waals surface area contributed by atoms with Crippen LogP contribution in [0.25, 0.3) is 10.8 Å². The number of hydrogen-bond acceptors (Lipinski definition) is 3. The van der Waals surface area contributed by atoms with E-state index in [4.69, 9.17) is 9.47 Å². The van der Waals surface area contributed by atoms with Gasteiger partial charge in [-0.2, -0.15) is 0 Å². The van der Waals surface area contributed by atoms with E-state index in [-0.39, 0.29) is 18.3 Å². The summed E-state index contributed by atoms with van der Waals surface area (Å²) in [5, 5.41) is 2.50. The Morgan fingerprint density at radius 1 is 0.800 bits per heavy atom. The van der Waals surface area contributed by atoms with Crippen molar-refractivity contribution in [3.8, 4) is 11.5 Å². The normalized spacial score (nSPS) is 15.4. The van der Waals surface area contributed by atoms with Crippen LogP contribution in [0.2, 0.25) is 0 Å². The van der Waals surface area contributed by atoms with Gasteiger partial charge < -0.3 is 14.4 Å². The van der Waals surface area contributed by atoms with Crippen LogP contribution in [-0.4, -0.2) is 37.7 Å². The maximum Gasteiger partial charge on any atom is 0.123 e. The van der Waals surface area contributed by atoms with Crippen molar-refractivity contribution in [2.45, 2.75) is 31.7 Å². The summed E-state index contributed by atoms with van der Waals surface area (Å²) in [5.74, 6) is 1.86. The topological polar surface area (TPSA) is 21.7 Å². The second-order valence-corrected chi connectivity index (χ2v) is 9.01. The van der Waals surface area contributed by atoms with Gasteiger partial charge in [0.15, 0.2) is 0 Å². The highest BCUT2D eigenvalue weighted by molar-refractivity contribution is 5.87. The lowest BCUT2D eigenvalue weighted by atomic mass is 9.82. The largest absolute Gasteiger partial charge is 0.497 e. The van der Waals surface area contributed by atoms with Crippen LogP contribution in [0, 0.1) is 0 Å². The zero-order chi connectivity index (χ0) is 23.3. The van der Waals surface area contributed by atoms with Crippen LogP contribution in [0.4, 0.5) is 0 Å². The Balaban J connectivity index is 0.000000355. The molecule has 182 valence electrons. The molecular formula is C31H34ClNO2. The summed E-state index contributed by atoms with van der Waals surface area (Å²) in [4.78, 5) is 2.53. The monoisotopic (exact) mass is 487 g/mol. The van der Waals surface area contributed by atoms with Crippen molar-refractivity contribution in [1.82, 2.24) is 4.90 Å². The third-order valence-corrected chi connectivity index (χ3v) is 7.13. The predicted octanol–water partition coefficient (Wildman–Crippen LogP) is 7.31. The quantitative estimate of drug-likeness (QED) is 0.266. The fraction of sp³-hybridized carbons (Fsp3) is 0.290. The van der Waals surface area contributed by atoms with Crippen molar-refractivity contribution in [3.63, 3.8) is 0 Å². The van der Waals surface area contributed by atoms with E-state index in [0.717, 1.165) is 17.5 Å². The third-order valence-electron chi connectivity index (χ3n) is 7.13. The summed E-state index contributed by atoms with van der Waals surface area (Å²) < 4.78 is 11.4. The molecule has 35 heavy (non-hydrogen) atoms. The smallest absolute Gasteiger partial charge is 0.123 e. The summed E-state index contributed by atoms with van der Waals surface area (Å²) in [6.45, 7) is 5.45. The number of benzene rings is 4. The predicted molar refractivity (Wildman–Crippen MR) is 147 cm³/mol. The molecule has 4 heteroatoms. The van der Waals surface area contributed by atoms with Crippen LogP contribution in [0.15, 0.2) is 91.0 Å². The Morgan fingerprint density at radius 2 is 1.43 bits per heavy atom. The Bertz CT molecular complexity index is 1220. The molecule has 0 amide bonds. The Hall–Kier alpha value is -3.01. The molecular weight excluding hydrogens is 454 g/mol. The maximum absolute atomic E-state index is 5.99. The minimum absolute atomic E-state index is 0. The molecule has 4 aromatic rings. The van der Waals surface area contributed by atoms with Gasteiger partial charge in [-0.3, -0.25) is 0 Å². The van der Waals surface area contributed by atoms with Crippen molar-refractivity contribution < 1.29 is 9.47 Å². The second-order valence-electron chi connectivity index (χ2n) is 9.01. The summed E-state index contributed by atoms with van der Waals surface area (Å²) in [5.41, 5.74) is 3.66. The van der Waals surface area contributed by atoms with Crippen LogP contribution >= 0.6 is 12.4 Å². The molecule has 2 aliphatic heterocycles. The summed E-state index contributed by atoms with van der Waals surface area (Å²) >= 11 is 0. The minimum atomic E-state index is 0. The molecule has 2 heterocycles. The first kappa shape index (κ1) is 25.1. The molecule has 0 aromatic heterocycles. The number of nitrogens with zero attached hydrogens (tertiary/aromatic N) is 1. The number of fused-ring (bicyclic) bond motifs is 2. The molecule has 0 aliphatic carbocycles. The molecule has 2 saturated heterocycles. The zero-order valence-corrected chi connectivity index (χ0v) is 21.3. The van der Waals surface area contributed by atoms with E-state index < -0.39 is 0 Å². The lowest BCUT2D eigenvalue weighted by molar-refractivity contribution is -0.00222. The Labute approximate surface area is 215 Å². The van der Waals surface area contributed by atoms with Crippen LogP contribution in [-0.2, 0) is 0 Å². The molecule has 1 unspecified atom stereocenters. The number of hydrogen-bond donors (Lipinski definition) is 0. The van der Waals surface area contributed by atoms with E-state index in [1.54, 1.807) is 7.11 Å². The van der Waals surface area contributed by atoms with Gasteiger partial charge in [0.1, 0.15) is 11.5 Å².